The van der Waals surface area contributed by atoms with Gasteiger partial charge in [-0.05, 0) is 96.3 Å². The number of piperidine rings is 1. The quantitative estimate of drug-likeness (QED) is 0.482. The lowest BCUT2D eigenvalue weighted by molar-refractivity contribution is 0.0124. The fourth-order valence-electron chi connectivity index (χ4n) is 5.74. The molecule has 0 N–H and O–H groups in total. The van der Waals surface area contributed by atoms with Gasteiger partial charge >= 0.3 is 12.1 Å². The first kappa shape index (κ1) is 26.5. The summed E-state index contributed by atoms with van der Waals surface area (Å²) in [5.74, 6) is -0.977. The van der Waals surface area contributed by atoms with Crippen molar-refractivity contribution in [1.82, 2.24) is 9.30 Å². The van der Waals surface area contributed by atoms with E-state index in [0.717, 1.165) is 44.1 Å². The number of hydrogen-bond donors (Lipinski definition) is 0. The van der Waals surface area contributed by atoms with E-state index in [4.69, 9.17) is 9.47 Å². The number of aryl methyl sites for hydroxylation is 1. The van der Waals surface area contributed by atoms with Crippen molar-refractivity contribution >= 4 is 23.3 Å². The van der Waals surface area contributed by atoms with Gasteiger partial charge in [0.15, 0.2) is 5.82 Å². The molecule has 1 aliphatic heterocycles. The number of pyridine rings is 2. The van der Waals surface area contributed by atoms with Gasteiger partial charge in [-0.25, -0.2) is 14.0 Å². The molecule has 3 heterocycles. The minimum Gasteiger partial charge on any atom is -0.462 e. The van der Waals surface area contributed by atoms with E-state index in [1.54, 1.807) is 13.0 Å². The third-order valence-corrected chi connectivity index (χ3v) is 7.61. The fourth-order valence-corrected chi connectivity index (χ4v) is 5.74. The minimum atomic E-state index is -0.683. The van der Waals surface area contributed by atoms with Crippen molar-refractivity contribution in [3.8, 4) is 0 Å². The molecule has 206 valence electrons. The summed E-state index contributed by atoms with van der Waals surface area (Å²) < 4.78 is 27.9. The van der Waals surface area contributed by atoms with E-state index in [-0.39, 0.29) is 36.3 Å². The first-order chi connectivity index (χ1) is 18.0. The number of nitrogens with zero attached hydrogens (tertiary/aromatic N) is 3. The van der Waals surface area contributed by atoms with E-state index >= 15 is 4.39 Å². The number of carbonyl (C=O) groups excluding carboxylic acids is 2. The van der Waals surface area contributed by atoms with Crippen LogP contribution in [0.5, 0.6) is 0 Å². The van der Waals surface area contributed by atoms with Crippen molar-refractivity contribution in [3.63, 3.8) is 0 Å². The highest BCUT2D eigenvalue weighted by Crippen LogP contribution is 2.44. The van der Waals surface area contributed by atoms with Crippen LogP contribution >= 0.6 is 0 Å². The summed E-state index contributed by atoms with van der Waals surface area (Å²) >= 11 is 0. The molecular formula is C29H38FN3O5. The van der Waals surface area contributed by atoms with E-state index in [1.165, 1.54) is 10.6 Å². The maximum Gasteiger partial charge on any atom is 0.410 e. The lowest BCUT2D eigenvalue weighted by atomic mass is 9.99. The number of esters is 1. The Labute approximate surface area is 222 Å². The zero-order chi connectivity index (χ0) is 27.4. The number of halogens is 1. The van der Waals surface area contributed by atoms with Crippen molar-refractivity contribution in [2.24, 2.45) is 0 Å². The average molecular weight is 528 g/mol. The second kappa shape index (κ2) is 9.89. The first-order valence-corrected chi connectivity index (χ1v) is 13.8. The van der Waals surface area contributed by atoms with Gasteiger partial charge in [-0.1, -0.05) is 0 Å². The fraction of sp³-hybridized carbons (Fsp3) is 0.621. The van der Waals surface area contributed by atoms with Crippen LogP contribution < -0.4 is 10.5 Å². The highest BCUT2D eigenvalue weighted by atomic mass is 19.1. The summed E-state index contributed by atoms with van der Waals surface area (Å²) in [6.45, 7) is 10.4. The number of rotatable bonds is 6. The summed E-state index contributed by atoms with van der Waals surface area (Å²) in [7, 11) is 0. The largest absolute Gasteiger partial charge is 0.462 e. The van der Waals surface area contributed by atoms with Crippen molar-refractivity contribution in [3.05, 3.63) is 45.1 Å². The van der Waals surface area contributed by atoms with Gasteiger partial charge in [-0.3, -0.25) is 9.20 Å². The summed E-state index contributed by atoms with van der Waals surface area (Å²) in [6.07, 6.45) is 6.37. The lowest BCUT2D eigenvalue weighted by Crippen LogP contribution is -2.52. The molecule has 2 aromatic heterocycles. The molecule has 0 aromatic carbocycles. The van der Waals surface area contributed by atoms with Crippen molar-refractivity contribution in [1.29, 1.82) is 0 Å². The van der Waals surface area contributed by atoms with Crippen LogP contribution in [0.2, 0.25) is 0 Å². The lowest BCUT2D eigenvalue weighted by Gasteiger charge is -2.41. The van der Waals surface area contributed by atoms with E-state index in [1.807, 2.05) is 37.5 Å². The monoisotopic (exact) mass is 527 g/mol. The second-order valence-electron chi connectivity index (χ2n) is 11.8. The summed E-state index contributed by atoms with van der Waals surface area (Å²) in [5.41, 5.74) is 1.46. The zero-order valence-corrected chi connectivity index (χ0v) is 23.0. The summed E-state index contributed by atoms with van der Waals surface area (Å²) in [6, 6.07) is 1.73. The van der Waals surface area contributed by atoms with E-state index in [0.29, 0.717) is 29.9 Å². The topological polar surface area (TPSA) is 80.6 Å². The Hall–Kier alpha value is -3.10. The van der Waals surface area contributed by atoms with Crippen LogP contribution in [0.3, 0.4) is 0 Å². The van der Waals surface area contributed by atoms with Gasteiger partial charge in [0.25, 0.3) is 5.56 Å². The Bertz CT molecular complexity index is 1320. The van der Waals surface area contributed by atoms with Crippen LogP contribution in [0.4, 0.5) is 14.9 Å². The second-order valence-corrected chi connectivity index (χ2v) is 11.8. The first-order valence-electron chi connectivity index (χ1n) is 13.8. The number of ether oxygens (including phenoxy) is 2. The zero-order valence-electron chi connectivity index (χ0n) is 23.0. The highest BCUT2D eigenvalue weighted by molar-refractivity contribution is 5.90. The van der Waals surface area contributed by atoms with Gasteiger partial charge in [0.2, 0.25) is 0 Å². The molecule has 1 atom stereocenters. The standard InChI is InChI=1S/C29H38FN3O5/c1-6-37-27(35)22-14-21(18-9-10-18)24-17(2)25(23(30)16-32(24)26(22)34)31-13-7-8-20(15-31)33(19-11-12-19)28(36)38-29(3,4)5/h14,16,18-20H,6-13,15H2,1-5H3/t20-/m1/s1. The molecule has 0 unspecified atom stereocenters. The molecule has 38 heavy (non-hydrogen) atoms. The number of amides is 1. The molecule has 0 spiro atoms. The maximum atomic E-state index is 15.8. The summed E-state index contributed by atoms with van der Waals surface area (Å²) in [4.78, 5) is 42.8. The Morgan fingerprint density at radius 2 is 1.84 bits per heavy atom. The third kappa shape index (κ3) is 5.12. The molecule has 3 fully saturated rings. The molecule has 0 radical (unpaired) electrons. The van der Waals surface area contributed by atoms with Crippen molar-refractivity contribution in [2.45, 2.75) is 96.7 Å². The minimum absolute atomic E-state index is 0.0618. The molecular weight excluding hydrogens is 489 g/mol. The van der Waals surface area contributed by atoms with E-state index in [2.05, 4.69) is 0 Å². The summed E-state index contributed by atoms with van der Waals surface area (Å²) in [5, 5.41) is 0. The van der Waals surface area contributed by atoms with Gasteiger partial charge in [0.1, 0.15) is 11.2 Å². The number of anilines is 1. The highest BCUT2D eigenvalue weighted by Gasteiger charge is 2.42. The van der Waals surface area contributed by atoms with Crippen molar-refractivity contribution in [2.75, 3.05) is 24.6 Å². The van der Waals surface area contributed by atoms with E-state index < -0.39 is 22.9 Å². The molecule has 1 saturated heterocycles. The Morgan fingerprint density at radius 1 is 1.13 bits per heavy atom. The molecule has 8 nitrogen and oxygen atoms in total. The smallest absolute Gasteiger partial charge is 0.410 e. The van der Waals surface area contributed by atoms with Crippen molar-refractivity contribution < 1.29 is 23.5 Å². The molecule has 2 aromatic rings. The Kier molecular flexibility index (Phi) is 6.90. The molecule has 9 heteroatoms. The normalized spacial score (nSPS) is 19.9. The van der Waals surface area contributed by atoms with Crippen LogP contribution in [-0.4, -0.2) is 58.7 Å². The van der Waals surface area contributed by atoms with Crippen LogP contribution in [0, 0.1) is 12.7 Å². The van der Waals surface area contributed by atoms with E-state index in [9.17, 15) is 14.4 Å². The molecule has 2 aliphatic carbocycles. The SMILES string of the molecule is CCOC(=O)c1cc(C2CC2)c2c(C)c(N3CCC[C@@H](N(C(=O)OC(C)(C)C)C4CC4)C3)c(F)cn2c1=O. The van der Waals surface area contributed by atoms with Gasteiger partial charge in [-0.15, -0.1) is 0 Å². The Morgan fingerprint density at radius 3 is 2.45 bits per heavy atom. The van der Waals surface area contributed by atoms with Gasteiger partial charge < -0.3 is 19.3 Å². The third-order valence-electron chi connectivity index (χ3n) is 7.61. The predicted molar refractivity (Wildman–Crippen MR) is 143 cm³/mol. The Balaban J connectivity index is 1.53. The van der Waals surface area contributed by atoms with Crippen LogP contribution in [0.25, 0.3) is 5.52 Å². The molecule has 0 bridgehead atoms. The van der Waals surface area contributed by atoms with Crippen LogP contribution in [0.1, 0.15) is 93.6 Å². The van der Waals surface area contributed by atoms with Crippen LogP contribution in [0.15, 0.2) is 17.1 Å². The van der Waals surface area contributed by atoms with Gasteiger partial charge in [-0.2, -0.15) is 0 Å². The number of aromatic nitrogens is 1. The average Bonchev–Trinajstić information content (AvgIpc) is 3.74. The van der Waals surface area contributed by atoms with Gasteiger partial charge in [0.05, 0.1) is 30.0 Å². The molecule has 2 saturated carbocycles. The van der Waals surface area contributed by atoms with Gasteiger partial charge in [0, 0.05) is 19.1 Å². The number of fused-ring (bicyclic) bond motifs is 1. The molecule has 3 aliphatic rings. The predicted octanol–water partition coefficient (Wildman–Crippen LogP) is 5.17. The number of hydrogen-bond acceptors (Lipinski definition) is 6. The maximum absolute atomic E-state index is 15.8. The molecule has 5 rings (SSSR count). The molecule has 1 amide bonds. The van der Waals surface area contributed by atoms with Crippen LogP contribution in [-0.2, 0) is 9.47 Å². The number of carbonyl (C=O) groups is 2.